The fourth-order valence-corrected chi connectivity index (χ4v) is 2.92. The van der Waals surface area contributed by atoms with Gasteiger partial charge in [0.2, 0.25) is 0 Å². The van der Waals surface area contributed by atoms with Gasteiger partial charge in [-0.3, -0.25) is 0 Å². The quantitative estimate of drug-likeness (QED) is 0.897. The molecule has 0 saturated heterocycles. The zero-order valence-corrected chi connectivity index (χ0v) is 11.7. The maximum atomic E-state index is 5.90. The lowest BCUT2D eigenvalue weighted by atomic mass is 9.92. The minimum atomic E-state index is 0.441. The normalized spacial score (nSPS) is 24.8. The predicted octanol–water partition coefficient (Wildman–Crippen LogP) is 2.85. The second-order valence-electron chi connectivity index (χ2n) is 4.91. The molecule has 0 spiro atoms. The zero-order chi connectivity index (χ0) is 12.1. The lowest BCUT2D eigenvalue weighted by Gasteiger charge is -2.27. The standard InChI is InChI=1S/C14H21BrN2/c15-14-4-2-1-3-11(14)9-10-17-13-7-5-12(16)6-8-13/h1-4,12-13,17H,5-10,16H2. The molecule has 0 bridgehead atoms. The molecule has 0 radical (unpaired) electrons. The van der Waals surface area contributed by atoms with E-state index >= 15 is 0 Å². The number of nitrogens with two attached hydrogens (primary N) is 1. The molecule has 2 nitrogen and oxygen atoms in total. The molecular formula is C14H21BrN2. The van der Waals surface area contributed by atoms with E-state index in [-0.39, 0.29) is 0 Å². The van der Waals surface area contributed by atoms with Crippen molar-refractivity contribution in [1.82, 2.24) is 5.32 Å². The van der Waals surface area contributed by atoms with Crippen molar-refractivity contribution in [1.29, 1.82) is 0 Å². The van der Waals surface area contributed by atoms with E-state index in [0.29, 0.717) is 12.1 Å². The summed E-state index contributed by atoms with van der Waals surface area (Å²) in [5.41, 5.74) is 7.28. The Hall–Kier alpha value is -0.380. The number of hydrogen-bond donors (Lipinski definition) is 2. The molecule has 0 aliphatic heterocycles. The molecule has 17 heavy (non-hydrogen) atoms. The highest BCUT2D eigenvalue weighted by atomic mass is 79.9. The van der Waals surface area contributed by atoms with Crippen LogP contribution in [0, 0.1) is 0 Å². The lowest BCUT2D eigenvalue weighted by molar-refractivity contribution is 0.344. The molecule has 0 atom stereocenters. The minimum Gasteiger partial charge on any atom is -0.328 e. The van der Waals surface area contributed by atoms with E-state index in [0.717, 1.165) is 13.0 Å². The maximum Gasteiger partial charge on any atom is 0.0207 e. The Kier molecular flexibility index (Phi) is 5.01. The molecule has 0 aromatic heterocycles. The fourth-order valence-electron chi connectivity index (χ4n) is 2.44. The summed E-state index contributed by atoms with van der Waals surface area (Å²) in [4.78, 5) is 0. The first-order valence-electron chi connectivity index (χ1n) is 6.48. The monoisotopic (exact) mass is 296 g/mol. The van der Waals surface area contributed by atoms with Crippen molar-refractivity contribution in [2.24, 2.45) is 5.73 Å². The minimum absolute atomic E-state index is 0.441. The van der Waals surface area contributed by atoms with E-state index in [9.17, 15) is 0 Å². The van der Waals surface area contributed by atoms with Crippen molar-refractivity contribution >= 4 is 15.9 Å². The van der Waals surface area contributed by atoms with Gasteiger partial charge in [0.15, 0.2) is 0 Å². The highest BCUT2D eigenvalue weighted by molar-refractivity contribution is 9.10. The number of hydrogen-bond acceptors (Lipinski definition) is 2. The van der Waals surface area contributed by atoms with Gasteiger partial charge in [-0.05, 0) is 50.3 Å². The highest BCUT2D eigenvalue weighted by Gasteiger charge is 2.17. The first-order chi connectivity index (χ1) is 8.25. The van der Waals surface area contributed by atoms with Gasteiger partial charge in [-0.2, -0.15) is 0 Å². The Morgan fingerprint density at radius 2 is 1.88 bits per heavy atom. The Morgan fingerprint density at radius 1 is 1.18 bits per heavy atom. The summed E-state index contributed by atoms with van der Waals surface area (Å²) < 4.78 is 1.22. The summed E-state index contributed by atoms with van der Waals surface area (Å²) in [7, 11) is 0. The molecule has 1 aromatic rings. The summed E-state index contributed by atoms with van der Waals surface area (Å²) in [5, 5.41) is 3.64. The van der Waals surface area contributed by atoms with Gasteiger partial charge in [0.25, 0.3) is 0 Å². The van der Waals surface area contributed by atoms with Crippen molar-refractivity contribution in [3.8, 4) is 0 Å². The number of rotatable bonds is 4. The smallest absolute Gasteiger partial charge is 0.0207 e. The molecular weight excluding hydrogens is 276 g/mol. The third-order valence-corrected chi connectivity index (χ3v) is 4.33. The van der Waals surface area contributed by atoms with Crippen LogP contribution in [-0.4, -0.2) is 18.6 Å². The zero-order valence-electron chi connectivity index (χ0n) is 10.2. The van der Waals surface area contributed by atoms with Gasteiger partial charge in [-0.25, -0.2) is 0 Å². The van der Waals surface area contributed by atoms with Crippen LogP contribution >= 0.6 is 15.9 Å². The van der Waals surface area contributed by atoms with Gasteiger partial charge in [0.1, 0.15) is 0 Å². The van der Waals surface area contributed by atoms with Gasteiger partial charge < -0.3 is 11.1 Å². The van der Waals surface area contributed by atoms with E-state index in [1.807, 2.05) is 0 Å². The van der Waals surface area contributed by atoms with Crippen molar-refractivity contribution in [3.63, 3.8) is 0 Å². The first-order valence-corrected chi connectivity index (χ1v) is 7.27. The average molecular weight is 297 g/mol. The summed E-state index contributed by atoms with van der Waals surface area (Å²) in [6.07, 6.45) is 5.90. The van der Waals surface area contributed by atoms with Crippen molar-refractivity contribution in [2.45, 2.75) is 44.2 Å². The molecule has 3 N–H and O–H groups in total. The maximum absolute atomic E-state index is 5.90. The van der Waals surface area contributed by atoms with Crippen LogP contribution < -0.4 is 11.1 Å². The predicted molar refractivity (Wildman–Crippen MR) is 76.1 cm³/mol. The van der Waals surface area contributed by atoms with Crippen LogP contribution in [0.2, 0.25) is 0 Å². The van der Waals surface area contributed by atoms with Gasteiger partial charge in [-0.15, -0.1) is 0 Å². The molecule has 1 saturated carbocycles. The van der Waals surface area contributed by atoms with Crippen LogP contribution in [0.15, 0.2) is 28.7 Å². The lowest BCUT2D eigenvalue weighted by Crippen LogP contribution is -2.38. The third kappa shape index (κ3) is 4.09. The largest absolute Gasteiger partial charge is 0.328 e. The van der Waals surface area contributed by atoms with Gasteiger partial charge in [-0.1, -0.05) is 34.1 Å². The Bertz CT molecular complexity index is 346. The van der Waals surface area contributed by atoms with E-state index in [1.54, 1.807) is 0 Å². The molecule has 1 fully saturated rings. The molecule has 0 heterocycles. The molecule has 1 aliphatic rings. The average Bonchev–Trinajstić information content (AvgIpc) is 2.34. The first kappa shape index (κ1) is 13.1. The van der Waals surface area contributed by atoms with Gasteiger partial charge in [0.05, 0.1) is 0 Å². The van der Waals surface area contributed by atoms with Crippen molar-refractivity contribution in [2.75, 3.05) is 6.54 Å². The van der Waals surface area contributed by atoms with Crippen LogP contribution in [0.5, 0.6) is 0 Å². The van der Waals surface area contributed by atoms with E-state index < -0.39 is 0 Å². The summed E-state index contributed by atoms with van der Waals surface area (Å²) in [5.74, 6) is 0. The Morgan fingerprint density at radius 3 is 2.59 bits per heavy atom. The van der Waals surface area contributed by atoms with Gasteiger partial charge >= 0.3 is 0 Å². The van der Waals surface area contributed by atoms with Gasteiger partial charge in [0, 0.05) is 16.6 Å². The summed E-state index contributed by atoms with van der Waals surface area (Å²) >= 11 is 3.59. The van der Waals surface area contributed by atoms with Crippen LogP contribution in [0.3, 0.4) is 0 Å². The molecule has 1 aliphatic carbocycles. The number of nitrogens with one attached hydrogen (secondary N) is 1. The third-order valence-electron chi connectivity index (χ3n) is 3.56. The molecule has 2 rings (SSSR count). The molecule has 0 amide bonds. The second kappa shape index (κ2) is 6.53. The number of halogens is 1. The summed E-state index contributed by atoms with van der Waals surface area (Å²) in [6, 6.07) is 9.56. The van der Waals surface area contributed by atoms with E-state index in [2.05, 4.69) is 45.5 Å². The fraction of sp³-hybridized carbons (Fsp3) is 0.571. The molecule has 3 heteroatoms. The van der Waals surface area contributed by atoms with Crippen LogP contribution in [0.1, 0.15) is 31.2 Å². The second-order valence-corrected chi connectivity index (χ2v) is 5.76. The SMILES string of the molecule is NC1CCC(NCCc2ccccc2Br)CC1. The van der Waals surface area contributed by atoms with Crippen LogP contribution in [-0.2, 0) is 6.42 Å². The van der Waals surface area contributed by atoms with E-state index in [1.165, 1.54) is 35.7 Å². The molecule has 0 unspecified atom stereocenters. The molecule has 1 aromatic carbocycles. The van der Waals surface area contributed by atoms with E-state index in [4.69, 9.17) is 5.73 Å². The highest BCUT2D eigenvalue weighted by Crippen LogP contribution is 2.18. The summed E-state index contributed by atoms with van der Waals surface area (Å²) in [6.45, 7) is 1.06. The Labute approximate surface area is 112 Å². The van der Waals surface area contributed by atoms with Crippen molar-refractivity contribution in [3.05, 3.63) is 34.3 Å². The van der Waals surface area contributed by atoms with Crippen LogP contribution in [0.25, 0.3) is 0 Å². The van der Waals surface area contributed by atoms with Crippen LogP contribution in [0.4, 0.5) is 0 Å². The topological polar surface area (TPSA) is 38.0 Å². The Balaban J connectivity index is 1.71. The molecule has 94 valence electrons. The number of benzene rings is 1. The van der Waals surface area contributed by atoms with Crippen molar-refractivity contribution < 1.29 is 0 Å².